The Morgan fingerprint density at radius 2 is 1.27 bits per heavy atom. The van der Waals surface area contributed by atoms with Crippen molar-refractivity contribution in [1.82, 2.24) is 4.90 Å². The second-order valence-corrected chi connectivity index (χ2v) is 14.3. The quantitative estimate of drug-likeness (QED) is 0.184. The second kappa shape index (κ2) is 11.8. The summed E-state index contributed by atoms with van der Waals surface area (Å²) in [4.78, 5) is 4.47. The largest absolute Gasteiger partial charge is 0.416 e. The lowest BCUT2D eigenvalue weighted by atomic mass is 9.96. The summed E-state index contributed by atoms with van der Waals surface area (Å²) in [5.41, 5.74) is 2.91. The van der Waals surface area contributed by atoms with Crippen LogP contribution in [0.25, 0.3) is 5.31 Å². The Morgan fingerprint density at radius 1 is 0.667 bits per heavy atom. The van der Waals surface area contributed by atoms with Gasteiger partial charge in [-0.1, -0.05) is 127 Å². The molecule has 2 atom stereocenters. The van der Waals surface area contributed by atoms with Crippen molar-refractivity contribution >= 4 is 28.8 Å². The highest BCUT2D eigenvalue weighted by Gasteiger charge is 2.42. The predicted octanol–water partition coefficient (Wildman–Crippen LogP) is 8.68. The summed E-state index contributed by atoms with van der Waals surface area (Å²) in [7, 11) is -3.37. The first-order chi connectivity index (χ1) is 21.8. The molecule has 5 aromatic carbocycles. The highest BCUT2D eigenvalue weighted by molar-refractivity contribution is 7.87. The Bertz CT molecular complexity index is 1830. The Balaban J connectivity index is 1.43. The number of nitrogens with zero attached hydrogens (tertiary/aromatic N) is 2. The van der Waals surface area contributed by atoms with Crippen molar-refractivity contribution in [3.8, 4) is 0 Å². The molecule has 0 bridgehead atoms. The maximum absolute atomic E-state index is 15.9. The highest BCUT2D eigenvalue weighted by Crippen LogP contribution is 2.60. The van der Waals surface area contributed by atoms with E-state index in [1.165, 1.54) is 12.1 Å². The number of hydrogen-bond acceptors (Lipinski definition) is 3. The van der Waals surface area contributed by atoms with Crippen molar-refractivity contribution in [3.63, 3.8) is 0 Å². The number of benzene rings is 5. The minimum atomic E-state index is -4.42. The molecule has 5 aromatic rings. The number of alkyl halides is 3. The van der Waals surface area contributed by atoms with Crippen LogP contribution in [-0.4, -0.2) is 24.5 Å². The van der Waals surface area contributed by atoms with Crippen LogP contribution in [0.1, 0.15) is 34.3 Å². The molecule has 0 amide bonds. The third-order valence-corrected chi connectivity index (χ3v) is 12.1. The van der Waals surface area contributed by atoms with Crippen LogP contribution >= 0.6 is 7.14 Å². The molecule has 1 saturated heterocycles. The van der Waals surface area contributed by atoms with E-state index in [2.05, 4.69) is 35.2 Å². The van der Waals surface area contributed by atoms with Gasteiger partial charge < -0.3 is 9.46 Å². The van der Waals surface area contributed by atoms with Gasteiger partial charge in [-0.2, -0.15) is 13.2 Å². The molecule has 1 fully saturated rings. The zero-order chi connectivity index (χ0) is 31.0. The van der Waals surface area contributed by atoms with Gasteiger partial charge in [0.15, 0.2) is 7.14 Å². The number of halogens is 3. The smallest absolute Gasteiger partial charge is 0.368 e. The van der Waals surface area contributed by atoms with Crippen LogP contribution in [0, 0.1) is 0 Å². The van der Waals surface area contributed by atoms with Gasteiger partial charge in [0.2, 0.25) is 0 Å². The van der Waals surface area contributed by atoms with E-state index in [-0.39, 0.29) is 12.1 Å². The fourth-order valence-electron chi connectivity index (χ4n) is 6.79. The van der Waals surface area contributed by atoms with Crippen LogP contribution in [0.15, 0.2) is 146 Å². The van der Waals surface area contributed by atoms with Gasteiger partial charge in [-0.05, 0) is 34.9 Å². The van der Waals surface area contributed by atoms with E-state index in [1.807, 2.05) is 95.9 Å². The molecule has 0 N–H and O–H groups in total. The molecule has 7 heteroatoms. The SMILES string of the molecule is O=P(C1=C[C@H](c2ccccc2)N2CCN(c3cccc(C(F)(F)F)c3)C[C@H]2c2ccccc21)(c1ccccc1)c1ccccc1. The van der Waals surface area contributed by atoms with E-state index in [1.54, 1.807) is 6.07 Å². The first-order valence-corrected chi connectivity index (χ1v) is 16.8. The maximum atomic E-state index is 15.9. The normalized spacial score (nSPS) is 18.8. The lowest BCUT2D eigenvalue weighted by Gasteiger charge is -2.45. The molecule has 0 unspecified atom stereocenters. The first-order valence-electron chi connectivity index (χ1n) is 15.1. The average Bonchev–Trinajstić information content (AvgIpc) is 3.24. The highest BCUT2D eigenvalue weighted by atomic mass is 31.2. The fraction of sp³-hybridized carbons (Fsp3) is 0.158. The topological polar surface area (TPSA) is 23.6 Å². The van der Waals surface area contributed by atoms with Crippen LogP contribution in [0.4, 0.5) is 18.9 Å². The third kappa shape index (κ3) is 5.43. The van der Waals surface area contributed by atoms with Gasteiger partial charge in [0.1, 0.15) is 0 Å². The van der Waals surface area contributed by atoms with Crippen LogP contribution in [-0.2, 0) is 10.7 Å². The van der Waals surface area contributed by atoms with Gasteiger partial charge in [0.05, 0.1) is 17.6 Å². The minimum absolute atomic E-state index is 0.163. The van der Waals surface area contributed by atoms with Crippen molar-refractivity contribution in [2.75, 3.05) is 24.5 Å². The molecule has 2 aliphatic rings. The van der Waals surface area contributed by atoms with Crippen LogP contribution in [0.3, 0.4) is 0 Å². The monoisotopic (exact) mass is 620 g/mol. The van der Waals surface area contributed by atoms with E-state index in [0.29, 0.717) is 25.3 Å². The molecule has 7 rings (SSSR count). The molecule has 0 saturated carbocycles. The second-order valence-electron chi connectivity index (χ2n) is 11.5. The number of fused-ring (bicyclic) bond motifs is 3. The molecular weight excluding hydrogens is 588 g/mol. The average molecular weight is 621 g/mol. The van der Waals surface area contributed by atoms with Gasteiger partial charge >= 0.3 is 6.18 Å². The van der Waals surface area contributed by atoms with E-state index in [9.17, 15) is 13.2 Å². The van der Waals surface area contributed by atoms with Crippen LogP contribution in [0.2, 0.25) is 0 Å². The third-order valence-electron chi connectivity index (χ3n) is 8.95. The number of piperazine rings is 1. The molecule has 226 valence electrons. The Labute approximate surface area is 261 Å². The molecule has 45 heavy (non-hydrogen) atoms. The van der Waals surface area contributed by atoms with E-state index in [4.69, 9.17) is 0 Å². The summed E-state index contributed by atoms with van der Waals surface area (Å²) in [6, 6.07) is 42.9. The zero-order valence-electron chi connectivity index (χ0n) is 24.5. The van der Waals surface area contributed by atoms with Crippen molar-refractivity contribution in [3.05, 3.63) is 168 Å². The van der Waals surface area contributed by atoms with Gasteiger partial charge in [-0.25, -0.2) is 0 Å². The molecule has 0 spiro atoms. The number of anilines is 1. The van der Waals surface area contributed by atoms with Gasteiger partial charge in [0.25, 0.3) is 0 Å². The van der Waals surface area contributed by atoms with E-state index < -0.39 is 18.9 Å². The van der Waals surface area contributed by atoms with Crippen molar-refractivity contribution < 1.29 is 17.7 Å². The van der Waals surface area contributed by atoms with Gasteiger partial charge in [0, 0.05) is 41.2 Å². The zero-order valence-corrected chi connectivity index (χ0v) is 25.4. The molecular formula is C38H32F3N2OP. The summed E-state index contributed by atoms with van der Waals surface area (Å²) in [6.45, 7) is 1.66. The molecule has 2 heterocycles. The first kappa shape index (κ1) is 29.3. The van der Waals surface area contributed by atoms with Gasteiger partial charge in [-0.3, -0.25) is 4.90 Å². The van der Waals surface area contributed by atoms with E-state index >= 15 is 4.57 Å². The molecule has 0 aromatic heterocycles. The Hall–Kier alpha value is -4.38. The van der Waals surface area contributed by atoms with Crippen molar-refractivity contribution in [1.29, 1.82) is 0 Å². The van der Waals surface area contributed by atoms with Gasteiger partial charge in [-0.15, -0.1) is 0 Å². The summed E-state index contributed by atoms with van der Waals surface area (Å²) in [5, 5.41) is 2.30. The minimum Gasteiger partial charge on any atom is -0.368 e. The van der Waals surface area contributed by atoms with E-state index in [0.717, 1.165) is 38.7 Å². The standard InChI is InChI=1S/C38H32F3N2OP/c39-38(40,41)29-15-12-16-30(25-29)42-23-24-43-35(28-13-4-1-5-14-28)26-37(34-22-11-10-21-33(34)36(43)27-42)45(44,31-17-6-2-7-18-31)32-19-8-3-9-20-32/h1-22,25-26,35-36H,23-24,27H2/t35-,36+/m1/s1. The lowest BCUT2D eigenvalue weighted by molar-refractivity contribution is -0.137. The number of hydrogen-bond donors (Lipinski definition) is 0. The van der Waals surface area contributed by atoms with Crippen molar-refractivity contribution in [2.45, 2.75) is 18.3 Å². The van der Waals surface area contributed by atoms with Crippen LogP contribution in [0.5, 0.6) is 0 Å². The molecule has 2 aliphatic heterocycles. The Kier molecular flexibility index (Phi) is 7.72. The molecule has 3 nitrogen and oxygen atoms in total. The summed E-state index contributed by atoms with van der Waals surface area (Å²) >= 11 is 0. The Morgan fingerprint density at radius 3 is 1.91 bits per heavy atom. The van der Waals surface area contributed by atoms with Crippen molar-refractivity contribution in [2.24, 2.45) is 0 Å². The predicted molar refractivity (Wildman–Crippen MR) is 176 cm³/mol. The summed E-state index contributed by atoms with van der Waals surface area (Å²) < 4.78 is 56.9. The fourth-order valence-corrected chi connectivity index (χ4v) is 9.72. The number of rotatable bonds is 5. The molecule has 0 radical (unpaired) electrons. The maximum Gasteiger partial charge on any atom is 0.416 e. The summed E-state index contributed by atoms with van der Waals surface area (Å²) in [6.07, 6.45) is -2.23. The molecule has 0 aliphatic carbocycles. The lowest BCUT2D eigenvalue weighted by Crippen LogP contribution is -2.49. The summed E-state index contributed by atoms with van der Waals surface area (Å²) in [5.74, 6) is 0. The van der Waals surface area contributed by atoms with Crippen LogP contribution < -0.4 is 15.5 Å².